The molecular weight excluding hydrogens is 505 g/mol. The van der Waals surface area contributed by atoms with Gasteiger partial charge in [0.25, 0.3) is 0 Å². The van der Waals surface area contributed by atoms with Crippen LogP contribution in [0.15, 0.2) is 48.5 Å². The number of benzene rings is 1. The van der Waals surface area contributed by atoms with E-state index in [4.69, 9.17) is 4.74 Å². The first kappa shape index (κ1) is 28.1. The SMILES string of the molecule is CC(C(=O)NCC1(N2CCN(Cc3ccccc3)CC2)CCOC2(CCCC2)C1)c1cccc(C(F)(F)F)n1. The van der Waals surface area contributed by atoms with Crippen molar-refractivity contribution in [3.05, 3.63) is 65.5 Å². The minimum absolute atomic E-state index is 0.130. The van der Waals surface area contributed by atoms with Crippen LogP contribution in [-0.2, 0) is 22.3 Å². The maximum absolute atomic E-state index is 13.2. The molecule has 6 nitrogen and oxygen atoms in total. The van der Waals surface area contributed by atoms with Crippen molar-refractivity contribution in [2.45, 2.75) is 75.2 Å². The lowest BCUT2D eigenvalue weighted by molar-refractivity contribution is -0.144. The second kappa shape index (κ2) is 11.6. The fourth-order valence-electron chi connectivity index (χ4n) is 6.68. The van der Waals surface area contributed by atoms with E-state index in [-0.39, 0.29) is 22.7 Å². The van der Waals surface area contributed by atoms with E-state index in [0.29, 0.717) is 13.2 Å². The standard InChI is InChI=1S/C30H39F3N4O2/c1-23(25-10-7-11-26(35-25)30(31,32)33)27(38)34-22-28(14-19-39-29(21-28)12-5-6-13-29)37-17-15-36(16-18-37)20-24-8-3-2-4-9-24/h2-4,7-11,23H,5-6,12-22H2,1H3,(H,34,38). The molecule has 2 aliphatic heterocycles. The highest BCUT2D eigenvalue weighted by Crippen LogP contribution is 2.46. The van der Waals surface area contributed by atoms with Gasteiger partial charge in [-0.15, -0.1) is 0 Å². The Morgan fingerprint density at radius 1 is 1.03 bits per heavy atom. The Bertz CT molecular complexity index is 1110. The van der Waals surface area contributed by atoms with Crippen molar-refractivity contribution in [1.29, 1.82) is 0 Å². The zero-order valence-electron chi connectivity index (χ0n) is 22.7. The average molecular weight is 545 g/mol. The molecule has 9 heteroatoms. The Hall–Kier alpha value is -2.49. The highest BCUT2D eigenvalue weighted by Gasteiger charge is 2.50. The van der Waals surface area contributed by atoms with Crippen LogP contribution in [0.25, 0.3) is 0 Å². The van der Waals surface area contributed by atoms with Gasteiger partial charge in [0, 0.05) is 51.4 Å². The number of piperazine rings is 1. The van der Waals surface area contributed by atoms with E-state index in [0.717, 1.165) is 77.3 Å². The van der Waals surface area contributed by atoms with Gasteiger partial charge in [0.05, 0.1) is 17.2 Å². The molecule has 3 aliphatic rings. The minimum atomic E-state index is -4.55. The van der Waals surface area contributed by atoms with Crippen LogP contribution in [0.3, 0.4) is 0 Å². The predicted molar refractivity (Wildman–Crippen MR) is 143 cm³/mol. The lowest BCUT2D eigenvalue weighted by Crippen LogP contribution is -2.65. The summed E-state index contributed by atoms with van der Waals surface area (Å²) in [4.78, 5) is 22.0. The molecule has 39 heavy (non-hydrogen) atoms. The number of hydrogen-bond acceptors (Lipinski definition) is 5. The Labute approximate surface area is 228 Å². The fourth-order valence-corrected chi connectivity index (χ4v) is 6.68. The number of halogens is 3. The maximum Gasteiger partial charge on any atom is 0.433 e. The number of rotatable bonds is 7. The molecule has 1 aromatic heterocycles. The molecule has 1 saturated carbocycles. The van der Waals surface area contributed by atoms with Gasteiger partial charge in [-0.2, -0.15) is 13.2 Å². The van der Waals surface area contributed by atoms with Crippen LogP contribution in [0.1, 0.15) is 68.3 Å². The molecule has 1 aliphatic carbocycles. The van der Waals surface area contributed by atoms with Gasteiger partial charge in [-0.05, 0) is 50.3 Å². The number of ether oxygens (including phenoxy) is 1. The summed E-state index contributed by atoms with van der Waals surface area (Å²) in [7, 11) is 0. The lowest BCUT2D eigenvalue weighted by atomic mass is 9.76. The van der Waals surface area contributed by atoms with Gasteiger partial charge in [-0.25, -0.2) is 4.98 Å². The molecule has 2 saturated heterocycles. The Morgan fingerprint density at radius 2 is 1.74 bits per heavy atom. The summed E-state index contributed by atoms with van der Waals surface area (Å²) in [5.41, 5.74) is 0.0829. The second-order valence-electron chi connectivity index (χ2n) is 11.5. The molecule has 1 N–H and O–H groups in total. The van der Waals surface area contributed by atoms with E-state index in [1.165, 1.54) is 17.7 Å². The van der Waals surface area contributed by atoms with Gasteiger partial charge in [0.1, 0.15) is 5.69 Å². The Morgan fingerprint density at radius 3 is 2.44 bits per heavy atom. The second-order valence-corrected chi connectivity index (χ2v) is 11.5. The third-order valence-electron chi connectivity index (χ3n) is 8.92. The van der Waals surface area contributed by atoms with Crippen LogP contribution in [0.2, 0.25) is 0 Å². The molecule has 1 amide bonds. The average Bonchev–Trinajstić information content (AvgIpc) is 3.39. The van der Waals surface area contributed by atoms with E-state index >= 15 is 0 Å². The summed E-state index contributed by atoms with van der Waals surface area (Å²) in [6.07, 6.45) is 1.55. The lowest BCUT2D eigenvalue weighted by Gasteiger charge is -2.54. The Kier molecular flexibility index (Phi) is 8.31. The summed E-state index contributed by atoms with van der Waals surface area (Å²) in [6, 6.07) is 14.2. The number of amides is 1. The molecule has 1 aromatic carbocycles. The number of hydrogen-bond donors (Lipinski definition) is 1. The van der Waals surface area contributed by atoms with E-state index < -0.39 is 17.8 Å². The summed E-state index contributed by atoms with van der Waals surface area (Å²) >= 11 is 0. The largest absolute Gasteiger partial charge is 0.433 e. The van der Waals surface area contributed by atoms with E-state index in [2.05, 4.69) is 44.4 Å². The first-order chi connectivity index (χ1) is 18.7. The number of aromatic nitrogens is 1. The van der Waals surface area contributed by atoms with E-state index in [9.17, 15) is 18.0 Å². The van der Waals surface area contributed by atoms with Crippen molar-refractivity contribution >= 4 is 5.91 Å². The molecule has 5 rings (SSSR count). The molecule has 3 heterocycles. The van der Waals surface area contributed by atoms with Crippen LogP contribution in [0.4, 0.5) is 13.2 Å². The van der Waals surface area contributed by atoms with Crippen LogP contribution < -0.4 is 5.32 Å². The van der Waals surface area contributed by atoms with Gasteiger partial charge < -0.3 is 10.1 Å². The van der Waals surface area contributed by atoms with Crippen LogP contribution in [-0.4, -0.2) is 71.2 Å². The molecule has 0 bridgehead atoms. The summed E-state index contributed by atoms with van der Waals surface area (Å²) in [5.74, 6) is -1.08. The van der Waals surface area contributed by atoms with Crippen molar-refractivity contribution in [3.63, 3.8) is 0 Å². The highest BCUT2D eigenvalue weighted by atomic mass is 19.4. The third-order valence-corrected chi connectivity index (χ3v) is 8.92. The monoisotopic (exact) mass is 544 g/mol. The van der Waals surface area contributed by atoms with Crippen LogP contribution in [0, 0.1) is 0 Å². The first-order valence-corrected chi connectivity index (χ1v) is 14.2. The van der Waals surface area contributed by atoms with Crippen LogP contribution in [0.5, 0.6) is 0 Å². The smallest absolute Gasteiger partial charge is 0.375 e. The molecule has 3 fully saturated rings. The quantitative estimate of drug-likeness (QED) is 0.532. The number of alkyl halides is 3. The van der Waals surface area contributed by atoms with Crippen molar-refractivity contribution < 1.29 is 22.7 Å². The maximum atomic E-state index is 13.2. The van der Waals surface area contributed by atoms with Crippen molar-refractivity contribution in [2.75, 3.05) is 39.3 Å². The number of pyridine rings is 1. The normalized spacial score (nSPS) is 25.0. The summed E-state index contributed by atoms with van der Waals surface area (Å²) < 4.78 is 45.9. The van der Waals surface area contributed by atoms with Crippen molar-refractivity contribution in [2.24, 2.45) is 0 Å². The molecule has 2 atom stereocenters. The number of carbonyl (C=O) groups excluding carboxylic acids is 1. The molecule has 212 valence electrons. The molecule has 1 spiro atoms. The number of nitrogens with one attached hydrogen (secondary N) is 1. The molecule has 2 aromatic rings. The summed E-state index contributed by atoms with van der Waals surface area (Å²) in [5, 5.41) is 3.13. The van der Waals surface area contributed by atoms with Gasteiger partial charge in [0.15, 0.2) is 0 Å². The number of carbonyl (C=O) groups is 1. The number of nitrogens with zero attached hydrogens (tertiary/aromatic N) is 3. The van der Waals surface area contributed by atoms with Gasteiger partial charge in [0.2, 0.25) is 5.91 Å². The van der Waals surface area contributed by atoms with Crippen molar-refractivity contribution in [3.8, 4) is 0 Å². The fraction of sp³-hybridized carbons (Fsp3) is 0.600. The molecule has 0 radical (unpaired) electrons. The summed E-state index contributed by atoms with van der Waals surface area (Å²) in [6.45, 7) is 7.37. The van der Waals surface area contributed by atoms with Crippen molar-refractivity contribution in [1.82, 2.24) is 20.1 Å². The molecular formula is C30H39F3N4O2. The molecule has 2 unspecified atom stereocenters. The van der Waals surface area contributed by atoms with Gasteiger partial charge in [-0.1, -0.05) is 49.2 Å². The van der Waals surface area contributed by atoms with E-state index in [1.54, 1.807) is 6.92 Å². The van der Waals surface area contributed by atoms with Gasteiger partial charge >= 0.3 is 6.18 Å². The van der Waals surface area contributed by atoms with E-state index in [1.807, 2.05) is 6.07 Å². The minimum Gasteiger partial charge on any atom is -0.375 e. The predicted octanol–water partition coefficient (Wildman–Crippen LogP) is 5.00. The third kappa shape index (κ3) is 6.47. The van der Waals surface area contributed by atoms with Crippen LogP contribution >= 0.6 is 0 Å². The highest BCUT2D eigenvalue weighted by molar-refractivity contribution is 5.82. The van der Waals surface area contributed by atoms with Gasteiger partial charge in [-0.3, -0.25) is 14.6 Å². The zero-order valence-corrected chi connectivity index (χ0v) is 22.7. The first-order valence-electron chi connectivity index (χ1n) is 14.2. The Balaban J connectivity index is 1.28. The topological polar surface area (TPSA) is 57.7 Å². The zero-order chi connectivity index (χ0) is 27.5.